The Bertz CT molecular complexity index is 763. The Balaban J connectivity index is 2.35. The second kappa shape index (κ2) is 5.98. The fourth-order valence-electron chi connectivity index (χ4n) is 2.02. The number of hydrogen-bond donors (Lipinski definition) is 2. The highest BCUT2D eigenvalue weighted by atomic mass is 79.9. The van der Waals surface area contributed by atoms with Gasteiger partial charge in [-0.3, -0.25) is 4.79 Å². The minimum atomic E-state index is -0.280. The van der Waals surface area contributed by atoms with Gasteiger partial charge in [0.25, 0.3) is 5.91 Å². The van der Waals surface area contributed by atoms with Gasteiger partial charge < -0.3 is 11.1 Å². The number of amides is 1. The summed E-state index contributed by atoms with van der Waals surface area (Å²) < 4.78 is 0.785. The van der Waals surface area contributed by atoms with Gasteiger partial charge in [0.1, 0.15) is 6.07 Å². The first-order valence-corrected chi connectivity index (χ1v) is 7.09. The molecule has 2 rings (SSSR count). The van der Waals surface area contributed by atoms with E-state index in [-0.39, 0.29) is 5.91 Å². The molecule has 0 bridgehead atoms. The van der Waals surface area contributed by atoms with Crippen LogP contribution in [0.3, 0.4) is 0 Å². The van der Waals surface area contributed by atoms with Crippen LogP contribution in [-0.4, -0.2) is 5.91 Å². The molecular formula is C16H14BrN3O. The van der Waals surface area contributed by atoms with Crippen molar-refractivity contribution in [3.63, 3.8) is 0 Å². The molecule has 106 valence electrons. The fraction of sp³-hybridized carbons (Fsp3) is 0.125. The van der Waals surface area contributed by atoms with Crippen molar-refractivity contribution in [3.8, 4) is 6.07 Å². The number of nitrogen functional groups attached to an aromatic ring is 1. The second-order valence-corrected chi connectivity index (χ2v) is 5.70. The first-order chi connectivity index (χ1) is 9.92. The zero-order valence-electron chi connectivity index (χ0n) is 11.7. The molecule has 5 heteroatoms. The maximum Gasteiger partial charge on any atom is 0.256 e. The summed E-state index contributed by atoms with van der Waals surface area (Å²) >= 11 is 3.30. The van der Waals surface area contributed by atoms with Gasteiger partial charge in [-0.05, 0) is 49.2 Å². The number of aryl methyl sites for hydroxylation is 2. The molecule has 2 aromatic rings. The molecule has 4 nitrogen and oxygen atoms in total. The Morgan fingerprint density at radius 1 is 1.24 bits per heavy atom. The van der Waals surface area contributed by atoms with Crippen molar-refractivity contribution in [1.29, 1.82) is 5.26 Å². The largest absolute Gasteiger partial charge is 0.398 e. The summed E-state index contributed by atoms with van der Waals surface area (Å²) in [7, 11) is 0. The summed E-state index contributed by atoms with van der Waals surface area (Å²) in [6, 6.07) is 10.7. The van der Waals surface area contributed by atoms with E-state index in [2.05, 4.69) is 27.3 Å². The zero-order chi connectivity index (χ0) is 15.6. The minimum Gasteiger partial charge on any atom is -0.398 e. The smallest absolute Gasteiger partial charge is 0.256 e. The first-order valence-electron chi connectivity index (χ1n) is 6.30. The van der Waals surface area contributed by atoms with Gasteiger partial charge in [-0.15, -0.1) is 0 Å². The lowest BCUT2D eigenvalue weighted by Gasteiger charge is -2.11. The predicted molar refractivity (Wildman–Crippen MR) is 87.1 cm³/mol. The van der Waals surface area contributed by atoms with Crippen LogP contribution < -0.4 is 11.1 Å². The van der Waals surface area contributed by atoms with Crippen LogP contribution in [0.1, 0.15) is 27.0 Å². The number of nitrogens with zero attached hydrogens (tertiary/aromatic N) is 1. The van der Waals surface area contributed by atoms with E-state index in [1.807, 2.05) is 19.9 Å². The van der Waals surface area contributed by atoms with E-state index in [0.29, 0.717) is 22.5 Å². The van der Waals surface area contributed by atoms with E-state index in [1.54, 1.807) is 24.3 Å². The normalized spacial score (nSPS) is 10.0. The molecule has 0 saturated carbocycles. The van der Waals surface area contributed by atoms with Crippen molar-refractivity contribution in [2.45, 2.75) is 13.8 Å². The third-order valence-corrected chi connectivity index (χ3v) is 3.70. The van der Waals surface area contributed by atoms with Gasteiger partial charge in [0, 0.05) is 15.7 Å². The molecule has 0 fully saturated rings. The number of nitriles is 1. The van der Waals surface area contributed by atoms with Crippen LogP contribution in [0.5, 0.6) is 0 Å². The van der Waals surface area contributed by atoms with Crippen LogP contribution in [0.4, 0.5) is 11.4 Å². The SMILES string of the molecule is Cc1cc(C)c(C(=O)Nc2ccc(Br)cc2C#N)cc1N. The molecule has 0 atom stereocenters. The summed E-state index contributed by atoms with van der Waals surface area (Å²) in [5.41, 5.74) is 9.59. The number of nitrogens with one attached hydrogen (secondary N) is 1. The Hall–Kier alpha value is -2.32. The maximum absolute atomic E-state index is 12.4. The van der Waals surface area contributed by atoms with Crippen molar-refractivity contribution in [1.82, 2.24) is 0 Å². The van der Waals surface area contributed by atoms with Gasteiger partial charge in [0.05, 0.1) is 11.3 Å². The number of benzene rings is 2. The van der Waals surface area contributed by atoms with Crippen molar-refractivity contribution < 1.29 is 4.79 Å². The van der Waals surface area contributed by atoms with Crippen LogP contribution in [0.2, 0.25) is 0 Å². The topological polar surface area (TPSA) is 78.9 Å². The number of carbonyl (C=O) groups is 1. The number of rotatable bonds is 2. The third-order valence-electron chi connectivity index (χ3n) is 3.21. The summed E-state index contributed by atoms with van der Waals surface area (Å²) in [6.07, 6.45) is 0. The highest BCUT2D eigenvalue weighted by molar-refractivity contribution is 9.10. The molecule has 0 unspecified atom stereocenters. The molecule has 0 aliphatic rings. The number of nitrogens with two attached hydrogens (primary N) is 1. The Kier molecular flexibility index (Phi) is 4.29. The predicted octanol–water partition coefficient (Wildman–Crippen LogP) is 3.77. The molecular weight excluding hydrogens is 330 g/mol. The van der Waals surface area contributed by atoms with Crippen molar-refractivity contribution in [2.75, 3.05) is 11.1 Å². The molecule has 0 saturated heterocycles. The van der Waals surface area contributed by atoms with Gasteiger partial charge >= 0.3 is 0 Å². The lowest BCUT2D eigenvalue weighted by atomic mass is 10.0. The molecule has 3 N–H and O–H groups in total. The quantitative estimate of drug-likeness (QED) is 0.814. The Morgan fingerprint density at radius 3 is 2.62 bits per heavy atom. The highest BCUT2D eigenvalue weighted by Crippen LogP contribution is 2.23. The Morgan fingerprint density at radius 2 is 1.95 bits per heavy atom. The number of anilines is 2. The summed E-state index contributed by atoms with van der Waals surface area (Å²) in [6.45, 7) is 3.75. The van der Waals surface area contributed by atoms with Crippen LogP contribution in [0.15, 0.2) is 34.8 Å². The van der Waals surface area contributed by atoms with E-state index >= 15 is 0 Å². The zero-order valence-corrected chi connectivity index (χ0v) is 13.3. The van der Waals surface area contributed by atoms with E-state index in [0.717, 1.165) is 15.6 Å². The minimum absolute atomic E-state index is 0.280. The summed E-state index contributed by atoms with van der Waals surface area (Å²) in [4.78, 5) is 12.4. The highest BCUT2D eigenvalue weighted by Gasteiger charge is 2.13. The van der Waals surface area contributed by atoms with Gasteiger partial charge in [-0.25, -0.2) is 0 Å². The van der Waals surface area contributed by atoms with Crippen LogP contribution >= 0.6 is 15.9 Å². The van der Waals surface area contributed by atoms with Gasteiger partial charge in [-0.2, -0.15) is 5.26 Å². The number of hydrogen-bond acceptors (Lipinski definition) is 3. The molecule has 0 spiro atoms. The maximum atomic E-state index is 12.4. The second-order valence-electron chi connectivity index (χ2n) is 4.78. The fourth-order valence-corrected chi connectivity index (χ4v) is 2.38. The molecule has 0 radical (unpaired) electrons. The Labute approximate surface area is 131 Å². The molecule has 21 heavy (non-hydrogen) atoms. The van der Waals surface area contributed by atoms with Gasteiger partial charge in [-0.1, -0.05) is 22.0 Å². The number of carbonyl (C=O) groups excluding carboxylic acids is 1. The molecule has 0 aliphatic carbocycles. The standard InChI is InChI=1S/C16H14BrN3O/c1-9-5-10(2)14(19)7-13(9)16(21)20-15-4-3-12(17)6-11(15)8-18/h3-7H,19H2,1-2H3,(H,20,21). The van der Waals surface area contributed by atoms with Crippen LogP contribution in [-0.2, 0) is 0 Å². The van der Waals surface area contributed by atoms with Crippen molar-refractivity contribution in [2.24, 2.45) is 0 Å². The van der Waals surface area contributed by atoms with E-state index in [9.17, 15) is 4.79 Å². The van der Waals surface area contributed by atoms with Crippen molar-refractivity contribution >= 4 is 33.2 Å². The molecule has 0 aromatic heterocycles. The lowest BCUT2D eigenvalue weighted by Crippen LogP contribution is -2.15. The van der Waals surface area contributed by atoms with E-state index < -0.39 is 0 Å². The van der Waals surface area contributed by atoms with Gasteiger partial charge in [0.15, 0.2) is 0 Å². The van der Waals surface area contributed by atoms with E-state index in [4.69, 9.17) is 11.0 Å². The first kappa shape index (κ1) is 15.1. The average Bonchev–Trinajstić information content (AvgIpc) is 2.44. The summed E-state index contributed by atoms with van der Waals surface area (Å²) in [5, 5.41) is 11.9. The lowest BCUT2D eigenvalue weighted by molar-refractivity contribution is 0.102. The average molecular weight is 344 g/mol. The van der Waals surface area contributed by atoms with Gasteiger partial charge in [0.2, 0.25) is 0 Å². The van der Waals surface area contributed by atoms with Crippen molar-refractivity contribution in [3.05, 3.63) is 57.1 Å². The third kappa shape index (κ3) is 3.23. The summed E-state index contributed by atoms with van der Waals surface area (Å²) in [5.74, 6) is -0.280. The molecule has 1 amide bonds. The van der Waals surface area contributed by atoms with E-state index in [1.165, 1.54) is 0 Å². The monoisotopic (exact) mass is 343 g/mol. The van der Waals surface area contributed by atoms with Crippen LogP contribution in [0.25, 0.3) is 0 Å². The van der Waals surface area contributed by atoms with Crippen LogP contribution in [0, 0.1) is 25.2 Å². The molecule has 0 heterocycles. The molecule has 2 aromatic carbocycles. The number of halogens is 1. The molecule has 0 aliphatic heterocycles.